The highest BCUT2D eigenvalue weighted by molar-refractivity contribution is 9.11. The monoisotopic (exact) mass is 397 g/mol. The fourth-order valence-corrected chi connectivity index (χ4v) is 6.18. The Morgan fingerprint density at radius 2 is 2.29 bits per heavy atom. The smallest absolute Gasteiger partial charge is 0.348 e. The zero-order chi connectivity index (χ0) is 15.8. The van der Waals surface area contributed by atoms with Gasteiger partial charge in [-0.3, -0.25) is 0 Å². The van der Waals surface area contributed by atoms with Crippen molar-refractivity contribution in [1.82, 2.24) is 4.31 Å². The van der Waals surface area contributed by atoms with E-state index < -0.39 is 22.1 Å². The second-order valence-corrected chi connectivity index (χ2v) is 9.17. The molecule has 0 aromatic carbocycles. The summed E-state index contributed by atoms with van der Waals surface area (Å²) in [6.45, 7) is 2.32. The van der Waals surface area contributed by atoms with Crippen LogP contribution < -0.4 is 0 Å². The number of carbonyl (C=O) groups excluding carboxylic acids is 1. The van der Waals surface area contributed by atoms with E-state index in [0.29, 0.717) is 16.8 Å². The minimum atomic E-state index is -3.68. The Hall–Kier alpha value is -0.480. The number of carbonyl (C=O) groups is 1. The molecule has 1 aromatic rings. The maximum Gasteiger partial charge on any atom is 0.348 e. The minimum absolute atomic E-state index is 0.0581. The third kappa shape index (κ3) is 3.31. The molecule has 0 aliphatic carbocycles. The maximum absolute atomic E-state index is 12.6. The van der Waals surface area contributed by atoms with Gasteiger partial charge in [-0.05, 0) is 41.3 Å². The average molecular weight is 398 g/mol. The average Bonchev–Trinajstić information content (AvgIpc) is 3.04. The Balaban J connectivity index is 2.29. The van der Waals surface area contributed by atoms with Crippen molar-refractivity contribution in [1.29, 1.82) is 0 Å². The molecule has 0 radical (unpaired) electrons. The van der Waals surface area contributed by atoms with Crippen molar-refractivity contribution < 1.29 is 23.1 Å². The molecule has 1 N–H and O–H groups in total. The molecule has 0 saturated carbocycles. The largest absolute Gasteiger partial charge is 0.465 e. The zero-order valence-corrected chi connectivity index (χ0v) is 14.8. The lowest BCUT2D eigenvalue weighted by Crippen LogP contribution is -2.30. The topological polar surface area (TPSA) is 83.9 Å². The molecule has 1 saturated heterocycles. The van der Waals surface area contributed by atoms with Crippen molar-refractivity contribution in [2.45, 2.75) is 24.3 Å². The summed E-state index contributed by atoms with van der Waals surface area (Å²) in [5, 5.41) is 9.58. The predicted octanol–water partition coefficient (Wildman–Crippen LogP) is 1.69. The normalized spacial score (nSPS) is 21.4. The number of esters is 1. The molecule has 6 nitrogen and oxygen atoms in total. The van der Waals surface area contributed by atoms with Crippen LogP contribution in [0.1, 0.15) is 23.0 Å². The number of sulfonamides is 1. The van der Waals surface area contributed by atoms with Gasteiger partial charge in [0.1, 0.15) is 9.77 Å². The molecule has 2 unspecified atom stereocenters. The Morgan fingerprint density at radius 3 is 2.81 bits per heavy atom. The van der Waals surface area contributed by atoms with E-state index in [1.54, 1.807) is 6.92 Å². The number of thiophene rings is 1. The first kappa shape index (κ1) is 16.9. The fraction of sp³-hybridized carbons (Fsp3) is 0.583. The lowest BCUT2D eigenvalue weighted by atomic mass is 10.0. The summed E-state index contributed by atoms with van der Waals surface area (Å²) >= 11 is 4.22. The summed E-state index contributed by atoms with van der Waals surface area (Å²) in [6.07, 6.45) is 0.0874. The van der Waals surface area contributed by atoms with Gasteiger partial charge in [-0.2, -0.15) is 4.31 Å². The number of rotatable bonds is 4. The lowest BCUT2D eigenvalue weighted by Gasteiger charge is -2.17. The number of aliphatic hydroxyl groups excluding tert-OH is 1. The van der Waals surface area contributed by atoms with Gasteiger partial charge in [-0.25, -0.2) is 13.2 Å². The van der Waals surface area contributed by atoms with Gasteiger partial charge in [0.25, 0.3) is 0 Å². The van der Waals surface area contributed by atoms with Crippen LogP contribution in [0.25, 0.3) is 0 Å². The number of aliphatic hydroxyl groups is 1. The highest BCUT2D eigenvalue weighted by Gasteiger charge is 2.36. The van der Waals surface area contributed by atoms with Crippen molar-refractivity contribution in [3.8, 4) is 0 Å². The second kappa shape index (κ2) is 6.33. The molecule has 0 bridgehead atoms. The quantitative estimate of drug-likeness (QED) is 0.781. The molecule has 0 amide bonds. The van der Waals surface area contributed by atoms with E-state index in [0.717, 1.165) is 11.3 Å². The molecular weight excluding hydrogens is 382 g/mol. The Morgan fingerprint density at radius 1 is 1.62 bits per heavy atom. The molecule has 0 spiro atoms. The van der Waals surface area contributed by atoms with Crippen LogP contribution in [0.3, 0.4) is 0 Å². The van der Waals surface area contributed by atoms with Gasteiger partial charge in [0, 0.05) is 13.1 Å². The molecule has 2 atom stereocenters. The SMILES string of the molecule is COC(=O)c1cc(S(=O)(=O)N2CCC(C(C)O)C2)c(Br)s1. The van der Waals surface area contributed by atoms with Gasteiger partial charge >= 0.3 is 5.97 Å². The third-order valence-electron chi connectivity index (χ3n) is 3.53. The summed E-state index contributed by atoms with van der Waals surface area (Å²) in [6, 6.07) is 1.33. The Labute approximate surface area is 135 Å². The number of hydrogen-bond acceptors (Lipinski definition) is 6. The first-order valence-corrected chi connectivity index (χ1v) is 9.38. The molecule has 1 aliphatic rings. The van der Waals surface area contributed by atoms with Crippen molar-refractivity contribution in [3.05, 3.63) is 14.7 Å². The zero-order valence-electron chi connectivity index (χ0n) is 11.6. The van der Waals surface area contributed by atoms with Crippen LogP contribution in [0.15, 0.2) is 14.7 Å². The molecule has 21 heavy (non-hydrogen) atoms. The summed E-state index contributed by atoms with van der Waals surface area (Å²) in [5.41, 5.74) is 0. The predicted molar refractivity (Wildman–Crippen MR) is 81.9 cm³/mol. The highest BCUT2D eigenvalue weighted by atomic mass is 79.9. The summed E-state index contributed by atoms with van der Waals surface area (Å²) in [5.74, 6) is -0.623. The number of hydrogen-bond donors (Lipinski definition) is 1. The van der Waals surface area contributed by atoms with Gasteiger partial charge in [0.15, 0.2) is 0 Å². The minimum Gasteiger partial charge on any atom is -0.465 e. The van der Waals surface area contributed by atoms with Crippen molar-refractivity contribution >= 4 is 43.3 Å². The van der Waals surface area contributed by atoms with Crippen LogP contribution in [0, 0.1) is 5.92 Å². The van der Waals surface area contributed by atoms with Gasteiger partial charge in [-0.1, -0.05) is 0 Å². The van der Waals surface area contributed by atoms with Gasteiger partial charge in [0.2, 0.25) is 10.0 Å². The second-order valence-electron chi connectivity index (χ2n) is 4.89. The summed E-state index contributed by atoms with van der Waals surface area (Å²) < 4.78 is 31.6. The first-order chi connectivity index (χ1) is 9.77. The van der Waals surface area contributed by atoms with E-state index in [2.05, 4.69) is 20.7 Å². The molecule has 1 aliphatic heterocycles. The molecule has 9 heteroatoms. The number of nitrogens with zero attached hydrogens (tertiary/aromatic N) is 1. The third-order valence-corrected chi connectivity index (χ3v) is 7.63. The molecule has 2 rings (SSSR count). The van der Waals surface area contributed by atoms with Crippen LogP contribution in [0.5, 0.6) is 0 Å². The van der Waals surface area contributed by atoms with Gasteiger partial charge in [-0.15, -0.1) is 11.3 Å². The van der Waals surface area contributed by atoms with Crippen LogP contribution in [0.2, 0.25) is 0 Å². The van der Waals surface area contributed by atoms with E-state index in [1.807, 2.05) is 0 Å². The lowest BCUT2D eigenvalue weighted by molar-refractivity contribution is 0.0606. The summed E-state index contributed by atoms with van der Waals surface area (Å²) in [7, 11) is -2.43. The van der Waals surface area contributed by atoms with Crippen LogP contribution in [0.4, 0.5) is 0 Å². The molecule has 2 heterocycles. The maximum atomic E-state index is 12.6. The standard InChI is InChI=1S/C12H16BrNO5S2/c1-7(15)8-3-4-14(6-8)21(17,18)10-5-9(12(16)19-2)20-11(10)13/h5,7-8,15H,3-4,6H2,1-2H3. The molecule has 118 valence electrons. The number of methoxy groups -OCH3 is 1. The molecule has 1 aromatic heterocycles. The van der Waals surface area contributed by atoms with E-state index >= 15 is 0 Å². The van der Waals surface area contributed by atoms with E-state index in [-0.39, 0.29) is 22.2 Å². The Bertz CT molecular complexity index is 640. The van der Waals surface area contributed by atoms with Gasteiger partial charge in [0.05, 0.1) is 17.0 Å². The van der Waals surface area contributed by atoms with Gasteiger partial charge < -0.3 is 9.84 Å². The fourth-order valence-electron chi connectivity index (χ4n) is 2.23. The summed E-state index contributed by atoms with van der Waals surface area (Å²) in [4.78, 5) is 11.8. The van der Waals surface area contributed by atoms with Crippen LogP contribution in [-0.2, 0) is 14.8 Å². The highest BCUT2D eigenvalue weighted by Crippen LogP contribution is 2.35. The van der Waals surface area contributed by atoms with Crippen LogP contribution >= 0.6 is 27.3 Å². The number of halogens is 1. The van der Waals surface area contributed by atoms with Crippen molar-refractivity contribution in [3.63, 3.8) is 0 Å². The van der Waals surface area contributed by atoms with Crippen molar-refractivity contribution in [2.75, 3.05) is 20.2 Å². The van der Waals surface area contributed by atoms with E-state index in [1.165, 1.54) is 17.5 Å². The van der Waals surface area contributed by atoms with Crippen molar-refractivity contribution in [2.24, 2.45) is 5.92 Å². The van der Waals surface area contributed by atoms with E-state index in [4.69, 9.17) is 0 Å². The first-order valence-electron chi connectivity index (χ1n) is 6.33. The molecule has 1 fully saturated rings. The van der Waals surface area contributed by atoms with Crippen LogP contribution in [-0.4, -0.2) is 50.1 Å². The van der Waals surface area contributed by atoms with E-state index in [9.17, 15) is 18.3 Å². The number of ether oxygens (including phenoxy) is 1. The Kier molecular flexibility index (Phi) is 5.09. The molecular formula is C12H16BrNO5S2.